The van der Waals surface area contributed by atoms with Crippen LogP contribution in [0, 0.1) is 0 Å². The first-order chi connectivity index (χ1) is 8.56. The van der Waals surface area contributed by atoms with Gasteiger partial charge in [-0.15, -0.1) is 0 Å². The fourth-order valence-electron chi connectivity index (χ4n) is 1.79. The Balaban J connectivity index is 2.21. The molecule has 0 aliphatic carbocycles. The summed E-state index contributed by atoms with van der Waals surface area (Å²) < 4.78 is 0. The Morgan fingerprint density at radius 2 is 1.56 bits per heavy atom. The molecule has 0 aliphatic heterocycles. The number of anilines is 1. The Bertz CT molecular complexity index is 534. The van der Waals surface area contributed by atoms with Crippen LogP contribution >= 0.6 is 34.8 Å². The molecule has 0 saturated heterocycles. The van der Waals surface area contributed by atoms with Crippen LogP contribution in [0.1, 0.15) is 18.5 Å². The van der Waals surface area contributed by atoms with Gasteiger partial charge in [0.05, 0.1) is 0 Å². The standard InChI is InChI=1S/C14H12Cl3N/c1-9(13-4-2-3-5-14(13)17)18-12-7-10(15)6-11(16)8-12/h2-9,18H,1H3. The minimum atomic E-state index is 0.0771. The predicted octanol–water partition coefficient (Wildman–Crippen LogP) is 5.82. The van der Waals surface area contributed by atoms with Crippen LogP contribution in [0.5, 0.6) is 0 Å². The summed E-state index contributed by atoms with van der Waals surface area (Å²) in [6, 6.07) is 13.2. The fraction of sp³-hybridized carbons (Fsp3) is 0.143. The quantitative estimate of drug-likeness (QED) is 0.753. The molecule has 0 fully saturated rings. The Morgan fingerprint density at radius 1 is 0.944 bits per heavy atom. The van der Waals surface area contributed by atoms with E-state index in [-0.39, 0.29) is 6.04 Å². The van der Waals surface area contributed by atoms with Gasteiger partial charge in [0, 0.05) is 26.8 Å². The van der Waals surface area contributed by atoms with Gasteiger partial charge in [0.25, 0.3) is 0 Å². The van der Waals surface area contributed by atoms with Crippen LogP contribution in [0.25, 0.3) is 0 Å². The molecule has 2 rings (SSSR count). The molecule has 0 heterocycles. The van der Waals surface area contributed by atoms with E-state index in [0.29, 0.717) is 10.0 Å². The highest BCUT2D eigenvalue weighted by Gasteiger charge is 2.09. The predicted molar refractivity (Wildman–Crippen MR) is 80.0 cm³/mol. The van der Waals surface area contributed by atoms with Gasteiger partial charge in [-0.1, -0.05) is 53.0 Å². The van der Waals surface area contributed by atoms with Crippen molar-refractivity contribution in [3.05, 3.63) is 63.1 Å². The molecule has 1 atom stereocenters. The lowest BCUT2D eigenvalue weighted by molar-refractivity contribution is 0.885. The van der Waals surface area contributed by atoms with Crippen molar-refractivity contribution in [3.63, 3.8) is 0 Å². The lowest BCUT2D eigenvalue weighted by Crippen LogP contribution is -2.07. The molecule has 2 aromatic rings. The fourth-order valence-corrected chi connectivity index (χ4v) is 2.62. The molecule has 2 aromatic carbocycles. The number of nitrogens with one attached hydrogen (secondary N) is 1. The summed E-state index contributed by atoms with van der Waals surface area (Å²) in [5.74, 6) is 0. The van der Waals surface area contributed by atoms with E-state index in [9.17, 15) is 0 Å². The first kappa shape index (κ1) is 13.5. The van der Waals surface area contributed by atoms with Crippen LogP contribution in [0.3, 0.4) is 0 Å². The number of hydrogen-bond donors (Lipinski definition) is 1. The van der Waals surface area contributed by atoms with Crippen molar-refractivity contribution >= 4 is 40.5 Å². The van der Waals surface area contributed by atoms with Gasteiger partial charge in [-0.2, -0.15) is 0 Å². The summed E-state index contributed by atoms with van der Waals surface area (Å²) in [6.45, 7) is 2.04. The molecule has 1 unspecified atom stereocenters. The van der Waals surface area contributed by atoms with Crippen molar-refractivity contribution in [1.82, 2.24) is 0 Å². The Labute approximate surface area is 122 Å². The van der Waals surface area contributed by atoms with Crippen molar-refractivity contribution in [3.8, 4) is 0 Å². The van der Waals surface area contributed by atoms with Gasteiger partial charge in [0.2, 0.25) is 0 Å². The topological polar surface area (TPSA) is 12.0 Å². The van der Waals surface area contributed by atoms with Gasteiger partial charge < -0.3 is 5.32 Å². The molecule has 1 N–H and O–H groups in total. The van der Waals surface area contributed by atoms with E-state index >= 15 is 0 Å². The van der Waals surface area contributed by atoms with Crippen molar-refractivity contribution in [1.29, 1.82) is 0 Å². The zero-order valence-corrected chi connectivity index (χ0v) is 12.0. The molecule has 0 aliphatic rings. The van der Waals surface area contributed by atoms with Gasteiger partial charge in [-0.3, -0.25) is 0 Å². The Hall–Kier alpha value is -0.890. The average Bonchev–Trinajstić information content (AvgIpc) is 2.27. The first-order valence-corrected chi connectivity index (χ1v) is 6.66. The molecular weight excluding hydrogens is 289 g/mol. The lowest BCUT2D eigenvalue weighted by atomic mass is 10.1. The van der Waals surface area contributed by atoms with Crippen LogP contribution in [0.4, 0.5) is 5.69 Å². The van der Waals surface area contributed by atoms with Crippen LogP contribution in [-0.4, -0.2) is 0 Å². The van der Waals surface area contributed by atoms with Crippen LogP contribution in [-0.2, 0) is 0 Å². The third-order valence-corrected chi connectivity index (χ3v) is 3.40. The number of rotatable bonds is 3. The van der Waals surface area contributed by atoms with E-state index in [1.54, 1.807) is 6.07 Å². The second-order valence-corrected chi connectivity index (χ2v) is 5.33. The van der Waals surface area contributed by atoms with Gasteiger partial charge in [0.1, 0.15) is 0 Å². The third kappa shape index (κ3) is 3.32. The molecule has 0 bridgehead atoms. The molecule has 0 saturated carbocycles. The molecular formula is C14H12Cl3N. The lowest BCUT2D eigenvalue weighted by Gasteiger charge is -2.17. The zero-order valence-electron chi connectivity index (χ0n) is 9.75. The number of hydrogen-bond acceptors (Lipinski definition) is 1. The van der Waals surface area contributed by atoms with Gasteiger partial charge in [-0.25, -0.2) is 0 Å². The summed E-state index contributed by atoms with van der Waals surface area (Å²) in [5, 5.41) is 5.28. The first-order valence-electron chi connectivity index (χ1n) is 5.53. The maximum Gasteiger partial charge on any atom is 0.0500 e. The summed E-state index contributed by atoms with van der Waals surface area (Å²) in [6.07, 6.45) is 0. The van der Waals surface area contributed by atoms with E-state index in [1.165, 1.54) is 0 Å². The number of halogens is 3. The largest absolute Gasteiger partial charge is 0.378 e. The molecule has 94 valence electrons. The van der Waals surface area contributed by atoms with Crippen LogP contribution < -0.4 is 5.32 Å². The van der Waals surface area contributed by atoms with Gasteiger partial charge >= 0.3 is 0 Å². The Morgan fingerprint density at radius 3 is 2.17 bits per heavy atom. The second-order valence-electron chi connectivity index (χ2n) is 4.05. The second kappa shape index (κ2) is 5.83. The zero-order chi connectivity index (χ0) is 13.1. The maximum atomic E-state index is 6.16. The van der Waals surface area contributed by atoms with E-state index in [1.807, 2.05) is 43.3 Å². The molecule has 0 aromatic heterocycles. The molecule has 1 nitrogen and oxygen atoms in total. The monoisotopic (exact) mass is 299 g/mol. The highest BCUT2D eigenvalue weighted by Crippen LogP contribution is 2.28. The van der Waals surface area contributed by atoms with E-state index in [0.717, 1.165) is 16.3 Å². The van der Waals surface area contributed by atoms with Crippen molar-refractivity contribution in [2.24, 2.45) is 0 Å². The van der Waals surface area contributed by atoms with Gasteiger partial charge in [0.15, 0.2) is 0 Å². The molecule has 4 heteroatoms. The molecule has 0 spiro atoms. The summed E-state index contributed by atoms with van der Waals surface area (Å²) in [4.78, 5) is 0. The minimum Gasteiger partial charge on any atom is -0.378 e. The minimum absolute atomic E-state index is 0.0771. The highest BCUT2D eigenvalue weighted by molar-refractivity contribution is 6.35. The van der Waals surface area contributed by atoms with E-state index < -0.39 is 0 Å². The SMILES string of the molecule is CC(Nc1cc(Cl)cc(Cl)c1)c1ccccc1Cl. The Kier molecular flexibility index (Phi) is 4.39. The summed E-state index contributed by atoms with van der Waals surface area (Å²) in [7, 11) is 0. The number of benzene rings is 2. The van der Waals surface area contributed by atoms with Crippen molar-refractivity contribution < 1.29 is 0 Å². The molecule has 0 radical (unpaired) electrons. The molecule has 18 heavy (non-hydrogen) atoms. The average molecular weight is 301 g/mol. The summed E-state index contributed by atoms with van der Waals surface area (Å²) in [5.41, 5.74) is 1.91. The van der Waals surface area contributed by atoms with Crippen LogP contribution in [0.15, 0.2) is 42.5 Å². The van der Waals surface area contributed by atoms with E-state index in [2.05, 4.69) is 5.32 Å². The van der Waals surface area contributed by atoms with Gasteiger partial charge in [-0.05, 0) is 36.8 Å². The smallest absolute Gasteiger partial charge is 0.0500 e. The van der Waals surface area contributed by atoms with Crippen LogP contribution in [0.2, 0.25) is 15.1 Å². The maximum absolute atomic E-state index is 6.16. The van der Waals surface area contributed by atoms with E-state index in [4.69, 9.17) is 34.8 Å². The highest BCUT2D eigenvalue weighted by atomic mass is 35.5. The summed E-state index contributed by atoms with van der Waals surface area (Å²) >= 11 is 18.1. The molecule has 0 amide bonds. The third-order valence-electron chi connectivity index (χ3n) is 2.62. The van der Waals surface area contributed by atoms with Crippen molar-refractivity contribution in [2.45, 2.75) is 13.0 Å². The normalized spacial score (nSPS) is 12.2. The van der Waals surface area contributed by atoms with Crippen molar-refractivity contribution in [2.75, 3.05) is 5.32 Å².